The highest BCUT2D eigenvalue weighted by Gasteiger charge is 2.20. The number of β-amino-alcohol motifs (C(OH)–C–C–N with tert-alkyl or cyclic N) is 1. The number of aryl methyl sites for hydroxylation is 1. The molecule has 1 aromatic carbocycles. The zero-order chi connectivity index (χ0) is 22.1. The number of hydrogen-bond donors (Lipinski definition) is 2. The Bertz CT molecular complexity index is 828. The maximum Gasteiger partial charge on any atom is 0.233 e. The summed E-state index contributed by atoms with van der Waals surface area (Å²) in [6.07, 6.45) is -0.703. The minimum atomic E-state index is -0.703. The molecular formula is C21H30ClN5O3. The number of ether oxygens (including phenoxy) is 2. The van der Waals surface area contributed by atoms with E-state index in [2.05, 4.69) is 25.7 Å². The largest absolute Gasteiger partial charge is 0.489 e. The van der Waals surface area contributed by atoms with Crippen LogP contribution in [0.2, 0.25) is 5.02 Å². The molecule has 1 atom stereocenters. The van der Waals surface area contributed by atoms with Crippen LogP contribution in [0, 0.1) is 6.92 Å². The molecule has 0 aliphatic rings. The SMILES string of the molecule is Cc1cccc(OCC(O)CNC(C)(C)COc2ccc(N=NC(C)C)nn2)c1Cl. The summed E-state index contributed by atoms with van der Waals surface area (Å²) >= 11 is 6.21. The Morgan fingerprint density at radius 3 is 2.60 bits per heavy atom. The maximum absolute atomic E-state index is 10.2. The molecular weight excluding hydrogens is 406 g/mol. The second-order valence-corrected chi connectivity index (χ2v) is 8.32. The molecule has 0 aliphatic heterocycles. The van der Waals surface area contributed by atoms with Crippen molar-refractivity contribution in [3.8, 4) is 11.6 Å². The molecule has 0 saturated heterocycles. The zero-order valence-electron chi connectivity index (χ0n) is 18.1. The van der Waals surface area contributed by atoms with Gasteiger partial charge in [0.15, 0.2) is 5.82 Å². The summed E-state index contributed by atoms with van der Waals surface area (Å²) in [5, 5.41) is 30.0. The van der Waals surface area contributed by atoms with Gasteiger partial charge in [-0.25, -0.2) is 0 Å². The van der Waals surface area contributed by atoms with Crippen molar-refractivity contribution in [2.45, 2.75) is 52.3 Å². The third-order valence-electron chi connectivity index (χ3n) is 4.00. The highest BCUT2D eigenvalue weighted by molar-refractivity contribution is 6.32. The molecule has 0 aliphatic carbocycles. The monoisotopic (exact) mass is 435 g/mol. The number of rotatable bonds is 11. The van der Waals surface area contributed by atoms with Gasteiger partial charge in [0.2, 0.25) is 5.88 Å². The first-order valence-electron chi connectivity index (χ1n) is 9.84. The highest BCUT2D eigenvalue weighted by atomic mass is 35.5. The Morgan fingerprint density at radius 2 is 1.93 bits per heavy atom. The Morgan fingerprint density at radius 1 is 1.17 bits per heavy atom. The lowest BCUT2D eigenvalue weighted by Gasteiger charge is -2.27. The summed E-state index contributed by atoms with van der Waals surface area (Å²) < 4.78 is 11.3. The molecule has 1 unspecified atom stereocenters. The fourth-order valence-electron chi connectivity index (χ4n) is 2.29. The minimum absolute atomic E-state index is 0.101. The molecule has 30 heavy (non-hydrogen) atoms. The van der Waals surface area contributed by atoms with Crippen molar-refractivity contribution < 1.29 is 14.6 Å². The van der Waals surface area contributed by atoms with E-state index in [1.807, 2.05) is 46.8 Å². The fraction of sp³-hybridized carbons (Fsp3) is 0.524. The average molecular weight is 436 g/mol. The molecule has 0 saturated carbocycles. The normalized spacial score (nSPS) is 13.1. The molecule has 0 amide bonds. The lowest BCUT2D eigenvalue weighted by molar-refractivity contribution is 0.0923. The third-order valence-corrected chi connectivity index (χ3v) is 4.49. The summed E-state index contributed by atoms with van der Waals surface area (Å²) in [7, 11) is 0. The molecule has 164 valence electrons. The number of benzene rings is 1. The molecule has 0 spiro atoms. The molecule has 9 heteroatoms. The number of nitrogens with one attached hydrogen (secondary N) is 1. The molecule has 2 rings (SSSR count). The Balaban J connectivity index is 1.76. The van der Waals surface area contributed by atoms with Gasteiger partial charge in [0.05, 0.1) is 11.1 Å². The van der Waals surface area contributed by atoms with Crippen molar-refractivity contribution in [3.63, 3.8) is 0 Å². The quantitative estimate of drug-likeness (QED) is 0.515. The smallest absolute Gasteiger partial charge is 0.233 e. The van der Waals surface area contributed by atoms with Crippen LogP contribution >= 0.6 is 11.6 Å². The van der Waals surface area contributed by atoms with Crippen LogP contribution < -0.4 is 14.8 Å². The molecule has 8 nitrogen and oxygen atoms in total. The predicted molar refractivity (Wildman–Crippen MR) is 117 cm³/mol. The second kappa shape index (κ2) is 11.2. The van der Waals surface area contributed by atoms with Crippen molar-refractivity contribution in [2.75, 3.05) is 19.8 Å². The van der Waals surface area contributed by atoms with E-state index >= 15 is 0 Å². The Kier molecular flexibility index (Phi) is 8.95. The topological polar surface area (TPSA) is 101 Å². The number of aromatic nitrogens is 2. The van der Waals surface area contributed by atoms with Gasteiger partial charge in [0.25, 0.3) is 0 Å². The summed E-state index contributed by atoms with van der Waals surface area (Å²) in [6.45, 7) is 10.5. The van der Waals surface area contributed by atoms with Gasteiger partial charge in [0, 0.05) is 18.2 Å². The van der Waals surface area contributed by atoms with E-state index in [1.54, 1.807) is 18.2 Å². The van der Waals surface area contributed by atoms with Crippen molar-refractivity contribution in [1.29, 1.82) is 0 Å². The summed E-state index contributed by atoms with van der Waals surface area (Å²) in [5.74, 6) is 1.39. The van der Waals surface area contributed by atoms with Gasteiger partial charge in [-0.3, -0.25) is 0 Å². The summed E-state index contributed by atoms with van der Waals surface area (Å²) in [6, 6.07) is 9.06. The third kappa shape index (κ3) is 8.22. The summed E-state index contributed by atoms with van der Waals surface area (Å²) in [4.78, 5) is 0. The molecule has 1 aromatic heterocycles. The van der Waals surface area contributed by atoms with E-state index in [4.69, 9.17) is 21.1 Å². The van der Waals surface area contributed by atoms with Gasteiger partial charge in [-0.05, 0) is 52.3 Å². The van der Waals surface area contributed by atoms with Crippen LogP contribution in [0.25, 0.3) is 0 Å². The van der Waals surface area contributed by atoms with Gasteiger partial charge < -0.3 is 19.9 Å². The molecule has 0 bridgehead atoms. The number of aliphatic hydroxyl groups excluding tert-OH is 1. The van der Waals surface area contributed by atoms with Crippen molar-refractivity contribution in [2.24, 2.45) is 10.2 Å². The van der Waals surface area contributed by atoms with Crippen molar-refractivity contribution >= 4 is 17.4 Å². The van der Waals surface area contributed by atoms with E-state index < -0.39 is 11.6 Å². The van der Waals surface area contributed by atoms with Gasteiger partial charge in [0.1, 0.15) is 25.1 Å². The van der Waals surface area contributed by atoms with Gasteiger partial charge >= 0.3 is 0 Å². The van der Waals surface area contributed by atoms with E-state index in [0.29, 0.717) is 35.6 Å². The molecule has 0 radical (unpaired) electrons. The van der Waals surface area contributed by atoms with Crippen LogP contribution in [-0.2, 0) is 0 Å². The van der Waals surface area contributed by atoms with Crippen LogP contribution in [0.1, 0.15) is 33.3 Å². The van der Waals surface area contributed by atoms with E-state index in [1.165, 1.54) is 0 Å². The fourth-order valence-corrected chi connectivity index (χ4v) is 2.47. The standard InChI is InChI=1S/C21H30ClN5O3/c1-14(2)24-25-18-9-10-19(27-26-18)30-13-21(4,5)23-11-16(28)12-29-17-8-6-7-15(3)20(17)22/h6-10,14,16,23,28H,11-13H2,1-5H3. The number of hydrogen-bond acceptors (Lipinski definition) is 8. The molecule has 2 N–H and O–H groups in total. The van der Waals surface area contributed by atoms with Crippen molar-refractivity contribution in [3.05, 3.63) is 40.9 Å². The first-order valence-corrected chi connectivity index (χ1v) is 10.2. The van der Waals surface area contributed by atoms with Crippen LogP contribution in [0.5, 0.6) is 11.6 Å². The zero-order valence-corrected chi connectivity index (χ0v) is 18.8. The first-order chi connectivity index (χ1) is 14.2. The molecule has 2 aromatic rings. The van der Waals surface area contributed by atoms with Crippen LogP contribution in [-0.4, -0.2) is 52.7 Å². The number of halogens is 1. The van der Waals surface area contributed by atoms with E-state index in [0.717, 1.165) is 5.56 Å². The highest BCUT2D eigenvalue weighted by Crippen LogP contribution is 2.27. The summed E-state index contributed by atoms with van der Waals surface area (Å²) in [5.41, 5.74) is 0.527. The number of aliphatic hydroxyl groups is 1. The number of azo groups is 1. The second-order valence-electron chi connectivity index (χ2n) is 7.94. The number of nitrogens with zero attached hydrogens (tertiary/aromatic N) is 4. The first kappa shape index (κ1) is 24.0. The predicted octanol–water partition coefficient (Wildman–Crippen LogP) is 4.12. The van der Waals surface area contributed by atoms with Gasteiger partial charge in [-0.15, -0.1) is 15.3 Å². The lowest BCUT2D eigenvalue weighted by atomic mass is 10.1. The Labute approximate surface area is 182 Å². The van der Waals surface area contributed by atoms with Gasteiger partial charge in [-0.2, -0.15) is 5.11 Å². The van der Waals surface area contributed by atoms with Crippen LogP contribution in [0.3, 0.4) is 0 Å². The minimum Gasteiger partial charge on any atom is -0.489 e. The van der Waals surface area contributed by atoms with Crippen LogP contribution in [0.4, 0.5) is 5.82 Å². The molecule has 0 fully saturated rings. The van der Waals surface area contributed by atoms with Gasteiger partial charge in [-0.1, -0.05) is 23.7 Å². The van der Waals surface area contributed by atoms with E-state index in [9.17, 15) is 5.11 Å². The van der Waals surface area contributed by atoms with Crippen molar-refractivity contribution in [1.82, 2.24) is 15.5 Å². The van der Waals surface area contributed by atoms with E-state index in [-0.39, 0.29) is 12.6 Å². The lowest BCUT2D eigenvalue weighted by Crippen LogP contribution is -2.48. The van der Waals surface area contributed by atoms with Crippen LogP contribution in [0.15, 0.2) is 40.6 Å². The molecule has 1 heterocycles. The maximum atomic E-state index is 10.2. The Hall–Kier alpha value is -2.29. The average Bonchev–Trinajstić information content (AvgIpc) is 2.71.